The number of hydrogen-bond donors (Lipinski definition) is 1. The Balaban J connectivity index is 3.62. The molecule has 0 radical (unpaired) electrons. The van der Waals surface area contributed by atoms with Crippen LogP contribution < -0.4 is 0 Å². The van der Waals surface area contributed by atoms with Crippen LogP contribution in [0.3, 0.4) is 0 Å². The van der Waals surface area contributed by atoms with Gasteiger partial charge in [0.05, 0.1) is 11.4 Å². The number of hydrogen-bond acceptors (Lipinski definition) is 1. The maximum Gasteiger partial charge on any atom is 0.120 e. The minimum Gasteiger partial charge on any atom is -0.395 e. The molecule has 1 atom stereocenters. The van der Waals surface area contributed by atoms with Gasteiger partial charge in [-0.1, -0.05) is 15.9 Å². The maximum absolute atomic E-state index is 12.6. The lowest BCUT2D eigenvalue weighted by molar-refractivity contribution is 0.164. The molecule has 0 saturated heterocycles. The third-order valence-corrected chi connectivity index (χ3v) is 2.28. The van der Waals surface area contributed by atoms with Gasteiger partial charge >= 0.3 is 0 Å². The standard InChI is InChI=1S/C5H10BrFO/c1-5(2,7)4(6)3-8/h4,8H,3H2,1-2H3. The summed E-state index contributed by atoms with van der Waals surface area (Å²) in [5.74, 6) is 0. The van der Waals surface area contributed by atoms with Crippen molar-refractivity contribution >= 4 is 15.9 Å². The van der Waals surface area contributed by atoms with Crippen LogP contribution in [0.2, 0.25) is 0 Å². The first-order valence-electron chi connectivity index (χ1n) is 2.42. The number of aliphatic hydroxyl groups is 1. The molecular weight excluding hydrogens is 175 g/mol. The SMILES string of the molecule is CC(C)(F)C(Br)CO. The number of alkyl halides is 2. The molecule has 50 valence electrons. The highest BCUT2D eigenvalue weighted by Crippen LogP contribution is 2.20. The van der Waals surface area contributed by atoms with Crippen LogP contribution in [-0.2, 0) is 0 Å². The van der Waals surface area contributed by atoms with E-state index in [2.05, 4.69) is 15.9 Å². The van der Waals surface area contributed by atoms with Crippen molar-refractivity contribution in [1.29, 1.82) is 0 Å². The van der Waals surface area contributed by atoms with Crippen molar-refractivity contribution in [2.24, 2.45) is 0 Å². The van der Waals surface area contributed by atoms with Crippen LogP contribution in [0, 0.1) is 0 Å². The summed E-state index contributed by atoms with van der Waals surface area (Å²) in [4.78, 5) is -0.449. The average molecular weight is 185 g/mol. The molecule has 0 spiro atoms. The molecule has 1 unspecified atom stereocenters. The number of aliphatic hydroxyl groups excluding tert-OH is 1. The largest absolute Gasteiger partial charge is 0.395 e. The fourth-order valence-corrected chi connectivity index (χ4v) is 0.217. The molecule has 0 saturated carbocycles. The van der Waals surface area contributed by atoms with Crippen LogP contribution in [0.25, 0.3) is 0 Å². The van der Waals surface area contributed by atoms with Gasteiger partial charge in [-0.25, -0.2) is 4.39 Å². The van der Waals surface area contributed by atoms with Gasteiger partial charge in [-0.2, -0.15) is 0 Å². The van der Waals surface area contributed by atoms with E-state index in [0.29, 0.717) is 0 Å². The van der Waals surface area contributed by atoms with Gasteiger partial charge in [0.25, 0.3) is 0 Å². The van der Waals surface area contributed by atoms with Gasteiger partial charge < -0.3 is 5.11 Å². The van der Waals surface area contributed by atoms with Gasteiger partial charge in [0, 0.05) is 0 Å². The third-order valence-electron chi connectivity index (χ3n) is 0.905. The second-order valence-electron chi connectivity index (χ2n) is 2.21. The molecule has 0 bridgehead atoms. The molecule has 0 aromatic rings. The van der Waals surface area contributed by atoms with E-state index >= 15 is 0 Å². The Morgan fingerprint density at radius 3 is 2.12 bits per heavy atom. The van der Waals surface area contributed by atoms with E-state index in [9.17, 15) is 4.39 Å². The lowest BCUT2D eigenvalue weighted by Gasteiger charge is -2.18. The van der Waals surface area contributed by atoms with E-state index in [-0.39, 0.29) is 6.61 Å². The van der Waals surface area contributed by atoms with Crippen molar-refractivity contribution in [3.63, 3.8) is 0 Å². The zero-order valence-corrected chi connectivity index (χ0v) is 6.57. The predicted octanol–water partition coefficient (Wildman–Crippen LogP) is 1.49. The van der Waals surface area contributed by atoms with E-state index in [1.807, 2.05) is 0 Å². The minimum absolute atomic E-state index is 0.163. The highest BCUT2D eigenvalue weighted by atomic mass is 79.9. The zero-order valence-electron chi connectivity index (χ0n) is 4.99. The molecular formula is C5H10BrFO. The van der Waals surface area contributed by atoms with Crippen molar-refractivity contribution in [2.45, 2.75) is 24.3 Å². The Morgan fingerprint density at radius 2 is 2.12 bits per heavy atom. The maximum atomic E-state index is 12.6. The smallest absolute Gasteiger partial charge is 0.120 e. The molecule has 1 N–H and O–H groups in total. The number of halogens is 2. The fourth-order valence-electron chi connectivity index (χ4n) is 0.217. The summed E-state index contributed by atoms with van der Waals surface area (Å²) in [6, 6.07) is 0. The molecule has 0 amide bonds. The lowest BCUT2D eigenvalue weighted by atomic mass is 10.1. The Hall–Kier alpha value is 0.370. The summed E-state index contributed by atoms with van der Waals surface area (Å²) >= 11 is 2.97. The minimum atomic E-state index is -1.32. The highest BCUT2D eigenvalue weighted by Gasteiger charge is 2.25. The van der Waals surface area contributed by atoms with Gasteiger partial charge in [-0.15, -0.1) is 0 Å². The second kappa shape index (κ2) is 2.78. The van der Waals surface area contributed by atoms with Gasteiger partial charge in [0.2, 0.25) is 0 Å². The summed E-state index contributed by atoms with van der Waals surface area (Å²) < 4.78 is 12.6. The van der Waals surface area contributed by atoms with Crippen molar-refractivity contribution < 1.29 is 9.50 Å². The van der Waals surface area contributed by atoms with Crippen molar-refractivity contribution in [3.8, 4) is 0 Å². The predicted molar refractivity (Wildman–Crippen MR) is 35.0 cm³/mol. The van der Waals surface area contributed by atoms with Crippen LogP contribution in [-0.4, -0.2) is 22.2 Å². The van der Waals surface area contributed by atoms with Gasteiger partial charge in [-0.05, 0) is 13.8 Å². The normalized spacial score (nSPS) is 16.1. The Kier molecular flexibility index (Phi) is 2.91. The van der Waals surface area contributed by atoms with E-state index in [0.717, 1.165) is 0 Å². The van der Waals surface area contributed by atoms with Crippen molar-refractivity contribution in [2.75, 3.05) is 6.61 Å². The van der Waals surface area contributed by atoms with E-state index in [4.69, 9.17) is 5.11 Å². The van der Waals surface area contributed by atoms with Crippen LogP contribution >= 0.6 is 15.9 Å². The van der Waals surface area contributed by atoms with Crippen LogP contribution in [0.15, 0.2) is 0 Å². The Labute approximate surface area is 57.0 Å². The molecule has 0 fully saturated rings. The third kappa shape index (κ3) is 2.62. The summed E-state index contributed by atoms with van der Waals surface area (Å²) in [5, 5.41) is 8.38. The average Bonchev–Trinajstić information content (AvgIpc) is 1.62. The summed E-state index contributed by atoms with van der Waals surface area (Å²) in [6.45, 7) is 2.68. The monoisotopic (exact) mass is 184 g/mol. The van der Waals surface area contributed by atoms with E-state index in [1.54, 1.807) is 0 Å². The van der Waals surface area contributed by atoms with Gasteiger partial charge in [-0.3, -0.25) is 0 Å². The molecule has 0 rings (SSSR count). The van der Waals surface area contributed by atoms with Crippen molar-refractivity contribution in [3.05, 3.63) is 0 Å². The quantitative estimate of drug-likeness (QED) is 0.646. The summed E-state index contributed by atoms with van der Waals surface area (Å²) in [5.41, 5.74) is -1.32. The highest BCUT2D eigenvalue weighted by molar-refractivity contribution is 9.09. The first kappa shape index (κ1) is 8.37. The van der Waals surface area contributed by atoms with Gasteiger partial charge in [0.15, 0.2) is 0 Å². The molecule has 0 aromatic carbocycles. The zero-order chi connectivity index (χ0) is 6.78. The molecule has 0 aliphatic heterocycles. The Morgan fingerprint density at radius 1 is 1.75 bits per heavy atom. The molecule has 8 heavy (non-hydrogen) atoms. The number of rotatable bonds is 2. The van der Waals surface area contributed by atoms with Crippen molar-refractivity contribution in [1.82, 2.24) is 0 Å². The molecule has 0 aliphatic rings. The first-order valence-corrected chi connectivity index (χ1v) is 3.34. The summed E-state index contributed by atoms with van der Waals surface area (Å²) in [6.07, 6.45) is 0. The van der Waals surface area contributed by atoms with Crippen LogP contribution in [0.1, 0.15) is 13.8 Å². The molecule has 0 heterocycles. The lowest BCUT2D eigenvalue weighted by Crippen LogP contribution is -2.28. The van der Waals surface area contributed by atoms with E-state index in [1.165, 1.54) is 13.8 Å². The van der Waals surface area contributed by atoms with Crippen LogP contribution in [0.5, 0.6) is 0 Å². The molecule has 1 nitrogen and oxygen atoms in total. The molecule has 3 heteroatoms. The first-order chi connectivity index (χ1) is 3.48. The molecule has 0 aliphatic carbocycles. The van der Waals surface area contributed by atoms with E-state index < -0.39 is 10.5 Å². The van der Waals surface area contributed by atoms with Crippen LogP contribution in [0.4, 0.5) is 4.39 Å². The second-order valence-corrected chi connectivity index (χ2v) is 3.32. The fraction of sp³-hybridized carbons (Fsp3) is 1.00. The molecule has 0 aromatic heterocycles. The van der Waals surface area contributed by atoms with Gasteiger partial charge in [0.1, 0.15) is 5.67 Å². The topological polar surface area (TPSA) is 20.2 Å². The Bertz CT molecular complexity index is 69.3. The summed E-state index contributed by atoms with van der Waals surface area (Å²) in [7, 11) is 0.